The highest BCUT2D eigenvalue weighted by Gasteiger charge is 2.41. The summed E-state index contributed by atoms with van der Waals surface area (Å²) in [6.45, 7) is 1.55. The standard InChI is InChI=1S/C17H26N2O2/c1-21-12-11-17(9-10-17)13-19-16(20)8-7-15(18)14-5-3-2-4-6-14/h2-6,15H,7-13,18H2,1H3,(H,19,20). The van der Waals surface area contributed by atoms with Gasteiger partial charge >= 0.3 is 0 Å². The van der Waals surface area contributed by atoms with Gasteiger partial charge in [0.1, 0.15) is 0 Å². The van der Waals surface area contributed by atoms with Crippen LogP contribution in [0.15, 0.2) is 30.3 Å². The normalized spacial score (nSPS) is 17.2. The molecule has 1 fully saturated rings. The van der Waals surface area contributed by atoms with E-state index in [1.807, 2.05) is 30.3 Å². The van der Waals surface area contributed by atoms with Gasteiger partial charge in [0.05, 0.1) is 0 Å². The van der Waals surface area contributed by atoms with Crippen LogP contribution in [0, 0.1) is 5.41 Å². The van der Waals surface area contributed by atoms with E-state index in [2.05, 4.69) is 5.32 Å². The van der Waals surface area contributed by atoms with E-state index in [0.717, 1.165) is 25.1 Å². The number of hydrogen-bond acceptors (Lipinski definition) is 3. The van der Waals surface area contributed by atoms with Gasteiger partial charge in [0.15, 0.2) is 0 Å². The zero-order valence-electron chi connectivity index (χ0n) is 12.8. The summed E-state index contributed by atoms with van der Waals surface area (Å²) in [5, 5.41) is 3.05. The quantitative estimate of drug-likeness (QED) is 0.734. The third-order valence-corrected chi connectivity index (χ3v) is 4.36. The Morgan fingerprint density at radius 2 is 2.10 bits per heavy atom. The molecule has 2 rings (SSSR count). The topological polar surface area (TPSA) is 64.3 Å². The molecule has 1 aliphatic carbocycles. The van der Waals surface area contributed by atoms with Crippen LogP contribution in [0.25, 0.3) is 0 Å². The van der Waals surface area contributed by atoms with Gasteiger partial charge < -0.3 is 15.8 Å². The predicted octanol–water partition coefficient (Wildman–Crippen LogP) is 2.40. The number of methoxy groups -OCH3 is 1. The van der Waals surface area contributed by atoms with Crippen LogP contribution in [0.1, 0.15) is 43.7 Å². The van der Waals surface area contributed by atoms with Crippen molar-refractivity contribution in [3.63, 3.8) is 0 Å². The van der Waals surface area contributed by atoms with E-state index in [1.165, 1.54) is 12.8 Å². The van der Waals surface area contributed by atoms with E-state index >= 15 is 0 Å². The summed E-state index contributed by atoms with van der Waals surface area (Å²) in [4.78, 5) is 11.9. The van der Waals surface area contributed by atoms with E-state index in [4.69, 9.17) is 10.5 Å². The average molecular weight is 290 g/mol. The molecule has 4 nitrogen and oxygen atoms in total. The van der Waals surface area contributed by atoms with Crippen molar-refractivity contribution < 1.29 is 9.53 Å². The first-order valence-corrected chi connectivity index (χ1v) is 7.71. The molecule has 0 bridgehead atoms. The average Bonchev–Trinajstić information content (AvgIpc) is 3.30. The molecule has 0 aromatic heterocycles. The van der Waals surface area contributed by atoms with Crippen molar-refractivity contribution in [3.8, 4) is 0 Å². The Balaban J connectivity index is 1.66. The molecule has 0 aliphatic heterocycles. The second-order valence-corrected chi connectivity index (χ2v) is 6.08. The number of carbonyl (C=O) groups excluding carboxylic acids is 1. The Labute approximate surface area is 127 Å². The lowest BCUT2D eigenvalue weighted by Gasteiger charge is -2.16. The van der Waals surface area contributed by atoms with E-state index in [-0.39, 0.29) is 11.9 Å². The van der Waals surface area contributed by atoms with E-state index in [1.54, 1.807) is 7.11 Å². The number of ether oxygens (including phenoxy) is 1. The minimum atomic E-state index is -0.0691. The molecule has 0 heterocycles. The summed E-state index contributed by atoms with van der Waals surface area (Å²) in [6.07, 6.45) is 4.59. The number of hydrogen-bond donors (Lipinski definition) is 2. The summed E-state index contributed by atoms with van der Waals surface area (Å²) >= 11 is 0. The SMILES string of the molecule is COCCC1(CNC(=O)CCC(N)c2ccccc2)CC1. The van der Waals surface area contributed by atoms with Crippen molar-refractivity contribution in [1.29, 1.82) is 0 Å². The van der Waals surface area contributed by atoms with Crippen molar-refractivity contribution in [2.45, 2.75) is 38.1 Å². The molecule has 1 amide bonds. The number of amides is 1. The molecule has 21 heavy (non-hydrogen) atoms. The molecule has 1 aromatic rings. The number of rotatable bonds is 9. The molecule has 0 spiro atoms. The second-order valence-electron chi connectivity index (χ2n) is 6.08. The third kappa shape index (κ3) is 5.14. The van der Waals surface area contributed by atoms with Crippen molar-refractivity contribution in [1.82, 2.24) is 5.32 Å². The smallest absolute Gasteiger partial charge is 0.220 e. The van der Waals surface area contributed by atoms with Crippen LogP contribution in [0.2, 0.25) is 0 Å². The van der Waals surface area contributed by atoms with Crippen LogP contribution < -0.4 is 11.1 Å². The van der Waals surface area contributed by atoms with Crippen molar-refractivity contribution in [2.24, 2.45) is 11.1 Å². The molecule has 1 unspecified atom stereocenters. The molecule has 0 radical (unpaired) electrons. The van der Waals surface area contributed by atoms with Crippen LogP contribution in [0.4, 0.5) is 0 Å². The lowest BCUT2D eigenvalue weighted by molar-refractivity contribution is -0.121. The zero-order chi connectivity index (χ0) is 15.1. The Bertz CT molecular complexity index is 443. The van der Waals surface area contributed by atoms with Crippen LogP contribution in [-0.4, -0.2) is 26.2 Å². The number of carbonyl (C=O) groups is 1. The summed E-state index contributed by atoms with van der Waals surface area (Å²) in [5.41, 5.74) is 7.49. The molecular weight excluding hydrogens is 264 g/mol. The van der Waals surface area contributed by atoms with Crippen molar-refractivity contribution in [3.05, 3.63) is 35.9 Å². The molecule has 1 atom stereocenters. The van der Waals surface area contributed by atoms with Gasteiger partial charge in [-0.05, 0) is 36.7 Å². The highest BCUT2D eigenvalue weighted by Crippen LogP contribution is 2.48. The molecule has 116 valence electrons. The van der Waals surface area contributed by atoms with Crippen molar-refractivity contribution in [2.75, 3.05) is 20.3 Å². The molecule has 3 N–H and O–H groups in total. The largest absolute Gasteiger partial charge is 0.385 e. The summed E-state index contributed by atoms with van der Waals surface area (Å²) in [6, 6.07) is 9.86. The fourth-order valence-electron chi connectivity index (χ4n) is 2.54. The third-order valence-electron chi connectivity index (χ3n) is 4.36. The number of benzene rings is 1. The molecule has 0 saturated heterocycles. The fraction of sp³-hybridized carbons (Fsp3) is 0.588. The van der Waals surface area contributed by atoms with Gasteiger partial charge in [-0.25, -0.2) is 0 Å². The lowest BCUT2D eigenvalue weighted by Crippen LogP contribution is -2.31. The number of nitrogens with two attached hydrogens (primary N) is 1. The first kappa shape index (κ1) is 16.0. The van der Waals surface area contributed by atoms with Gasteiger partial charge in [-0.1, -0.05) is 30.3 Å². The van der Waals surface area contributed by atoms with Gasteiger partial charge in [0.25, 0.3) is 0 Å². The molecular formula is C17H26N2O2. The maximum atomic E-state index is 11.9. The fourth-order valence-corrected chi connectivity index (χ4v) is 2.54. The van der Waals surface area contributed by atoms with Gasteiger partial charge in [-0.3, -0.25) is 4.79 Å². The zero-order valence-corrected chi connectivity index (χ0v) is 12.8. The van der Waals surface area contributed by atoms with E-state index in [9.17, 15) is 4.79 Å². The predicted molar refractivity (Wildman–Crippen MR) is 83.8 cm³/mol. The minimum Gasteiger partial charge on any atom is -0.385 e. The van der Waals surface area contributed by atoms with Crippen LogP contribution in [0.5, 0.6) is 0 Å². The second kappa shape index (κ2) is 7.57. The van der Waals surface area contributed by atoms with E-state index in [0.29, 0.717) is 18.3 Å². The summed E-state index contributed by atoms with van der Waals surface area (Å²) in [5.74, 6) is 0.102. The van der Waals surface area contributed by atoms with E-state index < -0.39 is 0 Å². The maximum absolute atomic E-state index is 11.9. The lowest BCUT2D eigenvalue weighted by atomic mass is 10.0. The highest BCUT2D eigenvalue weighted by atomic mass is 16.5. The minimum absolute atomic E-state index is 0.0691. The summed E-state index contributed by atoms with van der Waals surface area (Å²) < 4.78 is 5.12. The highest BCUT2D eigenvalue weighted by molar-refractivity contribution is 5.76. The Kier molecular flexibility index (Phi) is 5.76. The monoisotopic (exact) mass is 290 g/mol. The van der Waals surface area contributed by atoms with Crippen LogP contribution in [-0.2, 0) is 9.53 Å². The van der Waals surface area contributed by atoms with Crippen molar-refractivity contribution >= 4 is 5.91 Å². The van der Waals surface area contributed by atoms with Gasteiger partial charge in [0.2, 0.25) is 5.91 Å². The Morgan fingerprint density at radius 3 is 2.71 bits per heavy atom. The first-order chi connectivity index (χ1) is 10.2. The summed E-state index contributed by atoms with van der Waals surface area (Å²) in [7, 11) is 1.72. The molecule has 1 saturated carbocycles. The number of nitrogens with one attached hydrogen (secondary N) is 1. The molecule has 1 aliphatic rings. The Morgan fingerprint density at radius 1 is 1.38 bits per heavy atom. The molecule has 4 heteroatoms. The first-order valence-electron chi connectivity index (χ1n) is 7.71. The van der Waals surface area contributed by atoms with Gasteiger partial charge in [0, 0.05) is 32.7 Å². The van der Waals surface area contributed by atoms with Gasteiger partial charge in [-0.2, -0.15) is 0 Å². The van der Waals surface area contributed by atoms with Gasteiger partial charge in [-0.15, -0.1) is 0 Å². The maximum Gasteiger partial charge on any atom is 0.220 e. The Hall–Kier alpha value is -1.39. The van der Waals surface area contributed by atoms with Crippen LogP contribution in [0.3, 0.4) is 0 Å². The molecule has 1 aromatic carbocycles. The van der Waals surface area contributed by atoms with Crippen LogP contribution >= 0.6 is 0 Å².